The molecule has 4 N–H and O–H groups in total. The molecule has 0 aliphatic rings. The lowest BCUT2D eigenvalue weighted by Crippen LogP contribution is -2.23. The van der Waals surface area contributed by atoms with Gasteiger partial charge in [-0.1, -0.05) is 36.4 Å². The number of hydrogen-bond donors (Lipinski definition) is 2. The van der Waals surface area contributed by atoms with Crippen LogP contribution in [0, 0.1) is 0 Å². The number of methoxy groups -OCH3 is 2. The molecule has 0 saturated carbocycles. The second kappa shape index (κ2) is 13.4. The van der Waals surface area contributed by atoms with Gasteiger partial charge in [0, 0.05) is 17.7 Å². The lowest BCUT2D eigenvalue weighted by atomic mass is 10.1. The molecule has 0 spiro atoms. The molecule has 3 rings (SSSR count). The van der Waals surface area contributed by atoms with Crippen LogP contribution in [0.1, 0.15) is 35.4 Å². The number of benzene rings is 2. The predicted molar refractivity (Wildman–Crippen MR) is 141 cm³/mol. The van der Waals surface area contributed by atoms with Crippen LogP contribution in [0.4, 0.5) is 0 Å². The van der Waals surface area contributed by atoms with Gasteiger partial charge >= 0.3 is 6.01 Å². The van der Waals surface area contributed by atoms with Crippen molar-refractivity contribution in [1.82, 2.24) is 9.97 Å². The molecule has 35 heavy (non-hydrogen) atoms. The third-order valence-corrected chi connectivity index (χ3v) is 4.97. The molecule has 1 aromatic heterocycles. The molecule has 0 fully saturated rings. The van der Waals surface area contributed by atoms with Crippen molar-refractivity contribution in [2.24, 2.45) is 16.5 Å². The van der Waals surface area contributed by atoms with Crippen molar-refractivity contribution in [3.8, 4) is 17.5 Å². The largest absolute Gasteiger partial charge is 0.496 e. The van der Waals surface area contributed by atoms with E-state index in [-0.39, 0.29) is 5.96 Å². The minimum Gasteiger partial charge on any atom is -0.496 e. The number of hydrogen-bond acceptors (Lipinski definition) is 6. The molecule has 0 radical (unpaired) electrons. The van der Waals surface area contributed by atoms with Crippen LogP contribution in [0.25, 0.3) is 24.3 Å². The van der Waals surface area contributed by atoms with Gasteiger partial charge in [0.2, 0.25) is 0 Å². The first-order chi connectivity index (χ1) is 17.1. The number of para-hydroxylation sites is 2. The van der Waals surface area contributed by atoms with Crippen molar-refractivity contribution in [3.05, 3.63) is 77.1 Å². The maximum Gasteiger partial charge on any atom is 0.317 e. The Balaban J connectivity index is 1.81. The van der Waals surface area contributed by atoms with E-state index in [1.54, 1.807) is 14.2 Å². The number of guanidine groups is 1. The highest BCUT2D eigenvalue weighted by molar-refractivity contribution is 5.76. The van der Waals surface area contributed by atoms with Crippen molar-refractivity contribution in [2.45, 2.75) is 12.8 Å². The van der Waals surface area contributed by atoms with Gasteiger partial charge < -0.3 is 25.7 Å². The van der Waals surface area contributed by atoms with Crippen LogP contribution >= 0.6 is 0 Å². The first-order valence-electron chi connectivity index (χ1n) is 11.3. The fraction of sp³-hybridized carbons (Fsp3) is 0.222. The highest BCUT2D eigenvalue weighted by Gasteiger charge is 2.05. The Bertz CT molecular complexity index is 1110. The minimum atomic E-state index is 0.0928. The summed E-state index contributed by atoms with van der Waals surface area (Å²) in [5.41, 5.74) is 14.0. The Morgan fingerprint density at radius 3 is 1.86 bits per heavy atom. The molecule has 0 saturated heterocycles. The first kappa shape index (κ1) is 25.3. The van der Waals surface area contributed by atoms with E-state index in [0.717, 1.165) is 35.5 Å². The molecule has 0 atom stereocenters. The fourth-order valence-corrected chi connectivity index (χ4v) is 3.24. The van der Waals surface area contributed by atoms with Crippen molar-refractivity contribution >= 4 is 30.3 Å². The Hall–Kier alpha value is -4.33. The molecule has 8 heteroatoms. The van der Waals surface area contributed by atoms with E-state index >= 15 is 0 Å². The highest BCUT2D eigenvalue weighted by atomic mass is 16.5. The van der Waals surface area contributed by atoms with Crippen molar-refractivity contribution in [2.75, 3.05) is 27.4 Å². The van der Waals surface area contributed by atoms with Crippen LogP contribution in [-0.2, 0) is 0 Å². The second-order valence-corrected chi connectivity index (χ2v) is 7.51. The summed E-state index contributed by atoms with van der Waals surface area (Å²) in [4.78, 5) is 13.1. The van der Waals surface area contributed by atoms with Gasteiger partial charge in [-0.2, -0.15) is 9.97 Å². The Morgan fingerprint density at radius 2 is 1.34 bits per heavy atom. The lowest BCUT2D eigenvalue weighted by molar-refractivity contribution is 0.283. The van der Waals surface area contributed by atoms with E-state index in [9.17, 15) is 0 Å². The molecule has 2 aromatic carbocycles. The summed E-state index contributed by atoms with van der Waals surface area (Å²) >= 11 is 0. The number of ether oxygens (including phenoxy) is 3. The van der Waals surface area contributed by atoms with Gasteiger partial charge in [-0.15, -0.1) is 0 Å². The molecule has 0 amide bonds. The van der Waals surface area contributed by atoms with Gasteiger partial charge in [-0.05, 0) is 55.3 Å². The number of unbranched alkanes of at least 4 members (excludes halogenated alkanes) is 1. The van der Waals surface area contributed by atoms with Crippen LogP contribution < -0.4 is 25.7 Å². The molecule has 0 aliphatic heterocycles. The van der Waals surface area contributed by atoms with E-state index in [0.29, 0.717) is 30.5 Å². The molecule has 182 valence electrons. The number of nitrogens with two attached hydrogens (primary N) is 2. The summed E-state index contributed by atoms with van der Waals surface area (Å²) in [6, 6.07) is 17.8. The molecular weight excluding hydrogens is 442 g/mol. The standard InChI is InChI=1S/C27H31N5O3/c1-33-24-11-5-3-9-20(24)13-15-22-19-23(16-14-21-10-4-6-12-25(21)34-2)32-27(31-22)35-18-8-7-17-30-26(28)29/h3-6,9-16,19H,7-8,17-18H2,1-2H3,(H4,28,29,30). The average Bonchev–Trinajstić information content (AvgIpc) is 2.88. The molecule has 8 nitrogen and oxygen atoms in total. The predicted octanol–water partition coefficient (Wildman–Crippen LogP) is 4.27. The number of nitrogens with zero attached hydrogens (tertiary/aromatic N) is 3. The monoisotopic (exact) mass is 473 g/mol. The zero-order chi connectivity index (χ0) is 24.9. The Morgan fingerprint density at radius 1 is 0.800 bits per heavy atom. The summed E-state index contributed by atoms with van der Waals surface area (Å²) < 4.78 is 16.7. The summed E-state index contributed by atoms with van der Waals surface area (Å²) in [5, 5.41) is 0. The Kier molecular flexibility index (Phi) is 9.68. The van der Waals surface area contributed by atoms with E-state index in [1.807, 2.05) is 78.9 Å². The van der Waals surface area contributed by atoms with E-state index in [2.05, 4.69) is 15.0 Å². The number of rotatable bonds is 12. The topological polar surface area (TPSA) is 118 Å². The summed E-state index contributed by atoms with van der Waals surface area (Å²) in [6.45, 7) is 1.01. The third kappa shape index (κ3) is 8.19. The van der Waals surface area contributed by atoms with Crippen LogP contribution in [0.2, 0.25) is 0 Å². The van der Waals surface area contributed by atoms with Gasteiger partial charge in [0.15, 0.2) is 5.96 Å². The molecule has 0 aliphatic carbocycles. The number of aromatic nitrogens is 2. The maximum atomic E-state index is 5.84. The van der Waals surface area contributed by atoms with E-state index in [4.69, 9.17) is 25.7 Å². The SMILES string of the molecule is COc1ccccc1C=Cc1cc(C=Cc2ccccc2OC)nc(OCCCCN=C(N)N)n1. The fourth-order valence-electron chi connectivity index (χ4n) is 3.24. The molecule has 0 bridgehead atoms. The van der Waals surface area contributed by atoms with Gasteiger partial charge in [-0.3, -0.25) is 4.99 Å². The van der Waals surface area contributed by atoms with Crippen LogP contribution in [0.3, 0.4) is 0 Å². The van der Waals surface area contributed by atoms with Gasteiger partial charge in [0.25, 0.3) is 0 Å². The van der Waals surface area contributed by atoms with Crippen molar-refractivity contribution in [3.63, 3.8) is 0 Å². The second-order valence-electron chi connectivity index (χ2n) is 7.51. The maximum absolute atomic E-state index is 5.84. The van der Waals surface area contributed by atoms with E-state index in [1.165, 1.54) is 0 Å². The zero-order valence-electron chi connectivity index (χ0n) is 20.1. The molecule has 0 unspecified atom stereocenters. The smallest absolute Gasteiger partial charge is 0.317 e. The average molecular weight is 474 g/mol. The minimum absolute atomic E-state index is 0.0928. The molecular formula is C27H31N5O3. The van der Waals surface area contributed by atoms with Gasteiger partial charge in [-0.25, -0.2) is 0 Å². The van der Waals surface area contributed by atoms with Crippen LogP contribution in [0.15, 0.2) is 59.6 Å². The normalized spacial score (nSPS) is 11.0. The molecule has 1 heterocycles. The van der Waals surface area contributed by atoms with Gasteiger partial charge in [0.05, 0.1) is 32.2 Å². The van der Waals surface area contributed by atoms with Crippen molar-refractivity contribution < 1.29 is 14.2 Å². The number of aliphatic imine (C=N–C) groups is 1. The summed E-state index contributed by atoms with van der Waals surface area (Å²) in [5.74, 6) is 1.66. The van der Waals surface area contributed by atoms with Gasteiger partial charge in [0.1, 0.15) is 11.5 Å². The highest BCUT2D eigenvalue weighted by Crippen LogP contribution is 2.22. The molecule has 3 aromatic rings. The zero-order valence-corrected chi connectivity index (χ0v) is 20.1. The third-order valence-electron chi connectivity index (χ3n) is 4.97. The summed E-state index contributed by atoms with van der Waals surface area (Å²) in [6.07, 6.45) is 9.29. The van der Waals surface area contributed by atoms with Crippen LogP contribution in [0.5, 0.6) is 17.5 Å². The first-order valence-corrected chi connectivity index (χ1v) is 11.3. The van der Waals surface area contributed by atoms with E-state index < -0.39 is 0 Å². The van der Waals surface area contributed by atoms with Crippen molar-refractivity contribution in [1.29, 1.82) is 0 Å². The van der Waals surface area contributed by atoms with Crippen LogP contribution in [-0.4, -0.2) is 43.3 Å². The quantitative estimate of drug-likeness (QED) is 0.229. The summed E-state index contributed by atoms with van der Waals surface area (Å²) in [7, 11) is 3.30. The lowest BCUT2D eigenvalue weighted by Gasteiger charge is -2.07. The Labute approximate surface area is 206 Å².